The minimum atomic E-state index is -0.277. The van der Waals surface area contributed by atoms with Gasteiger partial charge in [-0.05, 0) is 57.8 Å². The summed E-state index contributed by atoms with van der Waals surface area (Å²) >= 11 is 0. The first-order valence-electron chi connectivity index (χ1n) is 8.31. The van der Waals surface area contributed by atoms with Crippen LogP contribution in [0.1, 0.15) is 58.3 Å². The van der Waals surface area contributed by atoms with Crippen LogP contribution in [0.3, 0.4) is 0 Å². The second kappa shape index (κ2) is 7.25. The van der Waals surface area contributed by atoms with Crippen molar-refractivity contribution >= 4 is 11.8 Å². The summed E-state index contributed by atoms with van der Waals surface area (Å²) in [5.74, 6) is 0.378. The van der Waals surface area contributed by atoms with Crippen LogP contribution in [0.2, 0.25) is 0 Å². The van der Waals surface area contributed by atoms with Gasteiger partial charge in [0.1, 0.15) is 0 Å². The van der Waals surface area contributed by atoms with Crippen LogP contribution < -0.4 is 11.5 Å². The molecule has 2 unspecified atom stereocenters. The largest absolute Gasteiger partial charge is 0.369 e. The van der Waals surface area contributed by atoms with Crippen molar-refractivity contribution < 1.29 is 9.59 Å². The molecule has 2 fully saturated rings. The highest BCUT2D eigenvalue weighted by molar-refractivity contribution is 5.80. The predicted octanol–water partition coefficient (Wildman–Crippen LogP) is 1.40. The second-order valence-corrected chi connectivity index (χ2v) is 6.89. The number of hydrogen-bond donors (Lipinski definition) is 2. The molecule has 1 aliphatic heterocycles. The van der Waals surface area contributed by atoms with Crippen molar-refractivity contribution in [2.24, 2.45) is 23.3 Å². The van der Waals surface area contributed by atoms with Crippen LogP contribution >= 0.6 is 0 Å². The second-order valence-electron chi connectivity index (χ2n) is 6.89. The third kappa shape index (κ3) is 4.43. The summed E-state index contributed by atoms with van der Waals surface area (Å²) in [6.45, 7) is 2.57. The van der Waals surface area contributed by atoms with Gasteiger partial charge in [0.05, 0.1) is 5.92 Å². The van der Waals surface area contributed by atoms with E-state index in [0.29, 0.717) is 24.9 Å². The van der Waals surface area contributed by atoms with Crippen molar-refractivity contribution in [1.82, 2.24) is 4.90 Å². The van der Waals surface area contributed by atoms with Crippen molar-refractivity contribution in [2.75, 3.05) is 6.54 Å². The zero-order valence-corrected chi connectivity index (χ0v) is 13.1. The molecule has 0 bridgehead atoms. The van der Waals surface area contributed by atoms with Gasteiger partial charge in [-0.2, -0.15) is 0 Å². The fraction of sp³-hybridized carbons (Fsp3) is 0.875. The first-order chi connectivity index (χ1) is 9.97. The molecule has 2 amide bonds. The zero-order chi connectivity index (χ0) is 15.4. The van der Waals surface area contributed by atoms with Gasteiger partial charge >= 0.3 is 0 Å². The van der Waals surface area contributed by atoms with E-state index in [1.54, 1.807) is 0 Å². The van der Waals surface area contributed by atoms with Crippen LogP contribution in [0.5, 0.6) is 0 Å². The Morgan fingerprint density at radius 2 is 1.76 bits per heavy atom. The SMILES string of the molecule is CC1CCC(C(N)=O)CN1C(=O)CCC1CCC(N)CC1. The highest BCUT2D eigenvalue weighted by atomic mass is 16.2. The van der Waals surface area contributed by atoms with E-state index in [0.717, 1.165) is 44.9 Å². The fourth-order valence-corrected chi connectivity index (χ4v) is 3.63. The first-order valence-corrected chi connectivity index (χ1v) is 8.31. The van der Waals surface area contributed by atoms with Crippen LogP contribution in [-0.2, 0) is 9.59 Å². The number of nitrogens with two attached hydrogens (primary N) is 2. The third-order valence-corrected chi connectivity index (χ3v) is 5.26. The van der Waals surface area contributed by atoms with E-state index >= 15 is 0 Å². The van der Waals surface area contributed by atoms with E-state index in [1.807, 2.05) is 4.90 Å². The Bertz CT molecular complexity index is 378. The number of rotatable bonds is 4. The Morgan fingerprint density at radius 3 is 2.38 bits per heavy atom. The van der Waals surface area contributed by atoms with Gasteiger partial charge in [0.2, 0.25) is 11.8 Å². The Labute approximate surface area is 127 Å². The maximum absolute atomic E-state index is 12.4. The lowest BCUT2D eigenvalue weighted by molar-refractivity contribution is -0.137. The van der Waals surface area contributed by atoms with E-state index in [1.165, 1.54) is 0 Å². The molecule has 1 heterocycles. The molecular weight excluding hydrogens is 266 g/mol. The Balaban J connectivity index is 1.80. The maximum Gasteiger partial charge on any atom is 0.222 e. The molecule has 120 valence electrons. The van der Waals surface area contributed by atoms with Gasteiger partial charge in [-0.15, -0.1) is 0 Å². The van der Waals surface area contributed by atoms with Gasteiger partial charge in [0.15, 0.2) is 0 Å². The summed E-state index contributed by atoms with van der Waals surface area (Å²) in [7, 11) is 0. The molecule has 1 saturated heterocycles. The van der Waals surface area contributed by atoms with E-state index in [4.69, 9.17) is 11.5 Å². The van der Waals surface area contributed by atoms with Gasteiger partial charge in [0, 0.05) is 25.0 Å². The summed E-state index contributed by atoms with van der Waals surface area (Å²) in [5, 5.41) is 0. The average molecular weight is 295 g/mol. The molecular formula is C16H29N3O2. The Hall–Kier alpha value is -1.10. The topological polar surface area (TPSA) is 89.4 Å². The molecule has 5 heteroatoms. The molecule has 0 aromatic carbocycles. The highest BCUT2D eigenvalue weighted by Crippen LogP contribution is 2.28. The van der Waals surface area contributed by atoms with E-state index in [2.05, 4.69) is 6.92 Å². The van der Waals surface area contributed by atoms with Gasteiger partial charge in [-0.25, -0.2) is 0 Å². The minimum Gasteiger partial charge on any atom is -0.369 e. The van der Waals surface area contributed by atoms with Crippen molar-refractivity contribution in [1.29, 1.82) is 0 Å². The molecule has 0 spiro atoms. The number of carbonyl (C=O) groups is 2. The van der Waals surface area contributed by atoms with Gasteiger partial charge < -0.3 is 16.4 Å². The maximum atomic E-state index is 12.4. The minimum absolute atomic E-state index is 0.169. The Kier molecular flexibility index (Phi) is 5.62. The fourth-order valence-electron chi connectivity index (χ4n) is 3.63. The zero-order valence-electron chi connectivity index (χ0n) is 13.1. The summed E-state index contributed by atoms with van der Waals surface area (Å²) < 4.78 is 0. The number of hydrogen-bond acceptors (Lipinski definition) is 3. The van der Waals surface area contributed by atoms with E-state index < -0.39 is 0 Å². The molecule has 1 aliphatic carbocycles. The van der Waals surface area contributed by atoms with Crippen LogP contribution in [0.15, 0.2) is 0 Å². The number of primary amides is 1. The molecule has 2 atom stereocenters. The summed E-state index contributed by atoms with van der Waals surface area (Å²) in [6.07, 6.45) is 7.69. The smallest absolute Gasteiger partial charge is 0.222 e. The molecule has 0 aromatic heterocycles. The van der Waals surface area contributed by atoms with Crippen molar-refractivity contribution in [3.8, 4) is 0 Å². The third-order valence-electron chi connectivity index (χ3n) is 5.26. The standard InChI is InChI=1S/C16H29N3O2/c1-11-2-6-13(16(18)21)10-19(11)15(20)9-5-12-3-7-14(17)8-4-12/h11-14H,2-10,17H2,1H3,(H2,18,21). The summed E-state index contributed by atoms with van der Waals surface area (Å²) in [6, 6.07) is 0.586. The van der Waals surface area contributed by atoms with Gasteiger partial charge in [-0.3, -0.25) is 9.59 Å². The molecule has 1 saturated carbocycles. The highest BCUT2D eigenvalue weighted by Gasteiger charge is 2.31. The lowest BCUT2D eigenvalue weighted by Crippen LogP contribution is -2.48. The van der Waals surface area contributed by atoms with Crippen LogP contribution in [0.4, 0.5) is 0 Å². The van der Waals surface area contributed by atoms with E-state index in [9.17, 15) is 9.59 Å². The number of likely N-dealkylation sites (tertiary alicyclic amines) is 1. The van der Waals surface area contributed by atoms with Gasteiger partial charge in [0.25, 0.3) is 0 Å². The summed E-state index contributed by atoms with van der Waals surface area (Å²) in [4.78, 5) is 25.6. The predicted molar refractivity (Wildman–Crippen MR) is 82.3 cm³/mol. The average Bonchev–Trinajstić information content (AvgIpc) is 2.46. The molecule has 4 N–H and O–H groups in total. The van der Waals surface area contributed by atoms with Crippen molar-refractivity contribution in [3.63, 3.8) is 0 Å². The van der Waals surface area contributed by atoms with Gasteiger partial charge in [-0.1, -0.05) is 0 Å². The monoisotopic (exact) mass is 295 g/mol. The lowest BCUT2D eigenvalue weighted by Gasteiger charge is -2.37. The summed E-state index contributed by atoms with van der Waals surface area (Å²) in [5.41, 5.74) is 11.3. The molecule has 5 nitrogen and oxygen atoms in total. The molecule has 2 aliphatic rings. The number of carbonyl (C=O) groups excluding carboxylic acids is 2. The van der Waals surface area contributed by atoms with Crippen LogP contribution in [0, 0.1) is 11.8 Å². The molecule has 21 heavy (non-hydrogen) atoms. The molecule has 0 radical (unpaired) electrons. The molecule has 2 rings (SSSR count). The number of nitrogens with zero attached hydrogens (tertiary/aromatic N) is 1. The number of amides is 2. The van der Waals surface area contributed by atoms with Crippen LogP contribution in [-0.4, -0.2) is 35.3 Å². The lowest BCUT2D eigenvalue weighted by atomic mass is 9.83. The van der Waals surface area contributed by atoms with Crippen molar-refractivity contribution in [2.45, 2.75) is 70.4 Å². The molecule has 0 aromatic rings. The normalized spacial score (nSPS) is 33.7. The van der Waals surface area contributed by atoms with Crippen LogP contribution in [0.25, 0.3) is 0 Å². The number of piperidine rings is 1. The quantitative estimate of drug-likeness (QED) is 0.821. The van der Waals surface area contributed by atoms with E-state index in [-0.39, 0.29) is 23.8 Å². The first kappa shape index (κ1) is 16.3. The Morgan fingerprint density at radius 1 is 1.10 bits per heavy atom. The van der Waals surface area contributed by atoms with Crippen molar-refractivity contribution in [3.05, 3.63) is 0 Å².